The van der Waals surface area contributed by atoms with Crippen LogP contribution in [0.1, 0.15) is 18.1 Å². The zero-order chi connectivity index (χ0) is 17.1. The maximum absolute atomic E-state index is 5.71. The Bertz CT molecular complexity index is 813. The summed E-state index contributed by atoms with van der Waals surface area (Å²) in [6, 6.07) is 17.0. The van der Waals surface area contributed by atoms with E-state index in [-0.39, 0.29) is 0 Å². The van der Waals surface area contributed by atoms with Gasteiger partial charge >= 0.3 is 0 Å². The summed E-state index contributed by atoms with van der Waals surface area (Å²) in [6.07, 6.45) is 0.317. The van der Waals surface area contributed by atoms with Crippen molar-refractivity contribution in [2.24, 2.45) is 0 Å². The lowest BCUT2D eigenvalue weighted by Crippen LogP contribution is -2.40. The number of hydrogen-bond acceptors (Lipinski definition) is 5. The number of morpholine rings is 1. The van der Waals surface area contributed by atoms with Gasteiger partial charge < -0.3 is 14.5 Å². The molecule has 0 bridgehead atoms. The zero-order valence-electron chi connectivity index (χ0n) is 14.4. The van der Waals surface area contributed by atoms with Crippen LogP contribution in [0.2, 0.25) is 0 Å². The van der Waals surface area contributed by atoms with Gasteiger partial charge in [0.15, 0.2) is 5.58 Å². The Hall–Kier alpha value is -2.37. The second-order valence-electron chi connectivity index (χ2n) is 6.58. The Labute approximate surface area is 147 Å². The second-order valence-corrected chi connectivity index (χ2v) is 6.58. The molecule has 2 aromatic carbocycles. The van der Waals surface area contributed by atoms with E-state index in [1.165, 1.54) is 11.1 Å². The highest BCUT2D eigenvalue weighted by Gasteiger charge is 2.16. The molecule has 1 unspecified atom stereocenters. The van der Waals surface area contributed by atoms with Gasteiger partial charge in [0, 0.05) is 26.2 Å². The molecular weight excluding hydrogens is 314 g/mol. The summed E-state index contributed by atoms with van der Waals surface area (Å²) < 4.78 is 11.3. The topological polar surface area (TPSA) is 50.5 Å². The van der Waals surface area contributed by atoms with Crippen molar-refractivity contribution in [2.75, 3.05) is 25.0 Å². The van der Waals surface area contributed by atoms with Crippen molar-refractivity contribution in [3.63, 3.8) is 0 Å². The first-order chi connectivity index (χ1) is 12.3. The van der Waals surface area contributed by atoms with Crippen LogP contribution in [0.15, 0.2) is 52.9 Å². The van der Waals surface area contributed by atoms with Crippen molar-refractivity contribution in [3.05, 3.63) is 59.7 Å². The largest absolute Gasteiger partial charge is 0.424 e. The highest BCUT2D eigenvalue weighted by atomic mass is 16.5. The average Bonchev–Trinajstić information content (AvgIpc) is 3.03. The van der Waals surface area contributed by atoms with Gasteiger partial charge in [0.25, 0.3) is 6.01 Å². The fourth-order valence-electron chi connectivity index (χ4n) is 3.26. The van der Waals surface area contributed by atoms with E-state index in [9.17, 15) is 0 Å². The van der Waals surface area contributed by atoms with Crippen LogP contribution in [0, 0.1) is 0 Å². The van der Waals surface area contributed by atoms with Gasteiger partial charge in [-0.3, -0.25) is 4.90 Å². The first-order valence-corrected chi connectivity index (χ1v) is 8.77. The van der Waals surface area contributed by atoms with Crippen molar-refractivity contribution in [2.45, 2.75) is 26.1 Å². The molecule has 0 radical (unpaired) electrons. The van der Waals surface area contributed by atoms with Crippen molar-refractivity contribution in [1.82, 2.24) is 9.88 Å². The third-order valence-electron chi connectivity index (χ3n) is 4.46. The molecule has 1 N–H and O–H groups in total. The summed E-state index contributed by atoms with van der Waals surface area (Å²) in [7, 11) is 0. The molecule has 1 aliphatic heterocycles. The molecule has 1 saturated heterocycles. The SMILES string of the molecule is CC1CN(Cc2cccc(CNc3nc4ccccc4o3)c2)CCO1. The van der Waals surface area contributed by atoms with Gasteiger partial charge in [0.05, 0.1) is 12.7 Å². The smallest absolute Gasteiger partial charge is 0.295 e. The number of anilines is 1. The number of hydrogen-bond donors (Lipinski definition) is 1. The molecule has 130 valence electrons. The van der Waals surface area contributed by atoms with E-state index in [4.69, 9.17) is 9.15 Å². The second kappa shape index (κ2) is 7.25. The van der Waals surface area contributed by atoms with E-state index >= 15 is 0 Å². The lowest BCUT2D eigenvalue weighted by Gasteiger charge is -2.31. The molecule has 1 aliphatic rings. The van der Waals surface area contributed by atoms with E-state index in [1.807, 2.05) is 24.3 Å². The van der Waals surface area contributed by atoms with Gasteiger partial charge in [0.1, 0.15) is 5.52 Å². The molecule has 1 aromatic heterocycles. The van der Waals surface area contributed by atoms with Gasteiger partial charge in [0.2, 0.25) is 0 Å². The summed E-state index contributed by atoms with van der Waals surface area (Å²) in [5.41, 5.74) is 4.23. The molecule has 0 spiro atoms. The quantitative estimate of drug-likeness (QED) is 0.770. The number of nitrogens with one attached hydrogen (secondary N) is 1. The predicted octanol–water partition coefficient (Wildman–Crippen LogP) is 3.66. The van der Waals surface area contributed by atoms with Crippen molar-refractivity contribution in [3.8, 4) is 0 Å². The fourth-order valence-corrected chi connectivity index (χ4v) is 3.26. The van der Waals surface area contributed by atoms with E-state index in [2.05, 4.69) is 46.4 Å². The van der Waals surface area contributed by atoms with E-state index in [1.54, 1.807) is 0 Å². The van der Waals surface area contributed by atoms with Crippen LogP contribution >= 0.6 is 0 Å². The lowest BCUT2D eigenvalue weighted by molar-refractivity contribution is -0.0212. The summed E-state index contributed by atoms with van der Waals surface area (Å²) in [4.78, 5) is 6.90. The van der Waals surface area contributed by atoms with E-state index in [0.29, 0.717) is 18.7 Å². The highest BCUT2D eigenvalue weighted by molar-refractivity contribution is 5.74. The van der Waals surface area contributed by atoms with Crippen LogP contribution in [-0.2, 0) is 17.8 Å². The van der Waals surface area contributed by atoms with E-state index in [0.717, 1.165) is 37.3 Å². The van der Waals surface area contributed by atoms with Gasteiger partial charge in [-0.15, -0.1) is 0 Å². The Balaban J connectivity index is 1.39. The number of para-hydroxylation sites is 2. The van der Waals surface area contributed by atoms with Crippen molar-refractivity contribution in [1.29, 1.82) is 0 Å². The molecule has 2 heterocycles. The minimum Gasteiger partial charge on any atom is -0.424 e. The summed E-state index contributed by atoms with van der Waals surface area (Å²) in [5.74, 6) is 0. The van der Waals surface area contributed by atoms with Crippen LogP contribution in [-0.4, -0.2) is 35.7 Å². The minimum absolute atomic E-state index is 0.317. The Morgan fingerprint density at radius 3 is 2.92 bits per heavy atom. The molecule has 4 rings (SSSR count). The van der Waals surface area contributed by atoms with Crippen LogP contribution in [0.4, 0.5) is 6.01 Å². The van der Waals surface area contributed by atoms with E-state index < -0.39 is 0 Å². The number of oxazole rings is 1. The van der Waals surface area contributed by atoms with Crippen LogP contribution in [0.5, 0.6) is 0 Å². The normalized spacial score (nSPS) is 18.5. The number of benzene rings is 2. The molecule has 1 fully saturated rings. The number of nitrogens with zero attached hydrogens (tertiary/aromatic N) is 2. The summed E-state index contributed by atoms with van der Waals surface area (Å²) in [6.45, 7) is 6.60. The van der Waals surface area contributed by atoms with Gasteiger partial charge in [-0.1, -0.05) is 36.4 Å². The first-order valence-electron chi connectivity index (χ1n) is 8.77. The van der Waals surface area contributed by atoms with Crippen LogP contribution < -0.4 is 5.32 Å². The van der Waals surface area contributed by atoms with Gasteiger partial charge in [-0.25, -0.2) is 0 Å². The number of ether oxygens (including phenoxy) is 1. The summed E-state index contributed by atoms with van der Waals surface area (Å²) >= 11 is 0. The minimum atomic E-state index is 0.317. The van der Waals surface area contributed by atoms with Gasteiger partial charge in [-0.2, -0.15) is 4.98 Å². The molecule has 0 aliphatic carbocycles. The number of rotatable bonds is 5. The molecular formula is C20H23N3O2. The van der Waals surface area contributed by atoms with Crippen molar-refractivity contribution < 1.29 is 9.15 Å². The number of aromatic nitrogens is 1. The molecule has 3 aromatic rings. The molecule has 1 atom stereocenters. The lowest BCUT2D eigenvalue weighted by atomic mass is 10.1. The standard InChI is InChI=1S/C20H23N3O2/c1-15-13-23(9-10-24-15)14-17-6-4-5-16(11-17)12-21-20-22-18-7-2-3-8-19(18)25-20/h2-8,11,15H,9-10,12-14H2,1H3,(H,21,22). The zero-order valence-corrected chi connectivity index (χ0v) is 14.4. The molecule has 5 heteroatoms. The highest BCUT2D eigenvalue weighted by Crippen LogP contribution is 2.19. The van der Waals surface area contributed by atoms with Crippen molar-refractivity contribution >= 4 is 17.1 Å². The summed E-state index contributed by atoms with van der Waals surface area (Å²) in [5, 5.41) is 3.28. The third kappa shape index (κ3) is 4.00. The third-order valence-corrected chi connectivity index (χ3v) is 4.46. The fraction of sp³-hybridized carbons (Fsp3) is 0.350. The molecule has 25 heavy (non-hydrogen) atoms. The first kappa shape index (κ1) is 16.1. The maximum Gasteiger partial charge on any atom is 0.295 e. The van der Waals surface area contributed by atoms with Gasteiger partial charge in [-0.05, 0) is 30.2 Å². The van der Waals surface area contributed by atoms with Crippen LogP contribution in [0.25, 0.3) is 11.1 Å². The Kier molecular flexibility index (Phi) is 4.68. The Morgan fingerprint density at radius 2 is 2.04 bits per heavy atom. The molecule has 0 saturated carbocycles. The number of fused-ring (bicyclic) bond motifs is 1. The monoisotopic (exact) mass is 337 g/mol. The molecule has 0 amide bonds. The maximum atomic E-state index is 5.71. The molecule has 5 nitrogen and oxygen atoms in total. The Morgan fingerprint density at radius 1 is 1.16 bits per heavy atom. The van der Waals surface area contributed by atoms with Crippen LogP contribution in [0.3, 0.4) is 0 Å². The average molecular weight is 337 g/mol. The predicted molar refractivity (Wildman–Crippen MR) is 98.5 cm³/mol.